The second kappa shape index (κ2) is 7.26. The first-order valence-electron chi connectivity index (χ1n) is 8.01. The summed E-state index contributed by atoms with van der Waals surface area (Å²) in [7, 11) is -2.90. The van der Waals surface area contributed by atoms with Crippen LogP contribution in [0, 0.1) is 6.92 Å². The largest absolute Gasteiger partial charge is 0.370 e. The molecule has 124 valence electrons. The van der Waals surface area contributed by atoms with Crippen LogP contribution in [0.1, 0.15) is 38.9 Å². The van der Waals surface area contributed by atoms with E-state index in [-0.39, 0.29) is 17.5 Å². The summed E-state index contributed by atoms with van der Waals surface area (Å²) < 4.78 is 23.5. The maximum Gasteiger partial charge on any atom is 0.152 e. The van der Waals surface area contributed by atoms with Crippen molar-refractivity contribution in [2.75, 3.05) is 34.8 Å². The van der Waals surface area contributed by atoms with Gasteiger partial charge in [-0.1, -0.05) is 13.3 Å². The van der Waals surface area contributed by atoms with Gasteiger partial charge in [-0.15, -0.1) is 0 Å². The van der Waals surface area contributed by atoms with Crippen molar-refractivity contribution in [1.29, 1.82) is 0 Å². The zero-order valence-electron chi connectivity index (χ0n) is 13.7. The average Bonchev–Trinajstić information content (AvgIpc) is 2.79. The van der Waals surface area contributed by atoms with E-state index < -0.39 is 9.84 Å². The molecule has 0 aromatic carbocycles. The first-order chi connectivity index (χ1) is 10.4. The standard InChI is InChI=1S/C15H26N4O2S/c1-4-6-8-16-14-10-15(18-12(3)17-14)19(5-2)13-7-9-22(20,21)11-13/h10,13H,4-9,11H2,1-3H3,(H,16,17,18). The normalized spacial score (nSPS) is 20.0. The molecule has 6 nitrogen and oxygen atoms in total. The van der Waals surface area contributed by atoms with Crippen LogP contribution < -0.4 is 10.2 Å². The van der Waals surface area contributed by atoms with Crippen LogP contribution in [-0.4, -0.2) is 49.0 Å². The highest BCUT2D eigenvalue weighted by molar-refractivity contribution is 7.91. The van der Waals surface area contributed by atoms with E-state index in [1.807, 2.05) is 19.9 Å². The van der Waals surface area contributed by atoms with Crippen LogP contribution >= 0.6 is 0 Å². The maximum atomic E-state index is 11.7. The lowest BCUT2D eigenvalue weighted by Gasteiger charge is -2.28. The molecule has 1 aliphatic rings. The van der Waals surface area contributed by atoms with E-state index in [0.29, 0.717) is 12.2 Å². The van der Waals surface area contributed by atoms with Crippen LogP contribution in [0.2, 0.25) is 0 Å². The number of anilines is 2. The van der Waals surface area contributed by atoms with E-state index in [0.717, 1.165) is 37.6 Å². The molecule has 1 unspecified atom stereocenters. The van der Waals surface area contributed by atoms with E-state index in [1.54, 1.807) is 0 Å². The minimum absolute atomic E-state index is 0.0211. The minimum Gasteiger partial charge on any atom is -0.370 e. The fraction of sp³-hybridized carbons (Fsp3) is 0.733. The lowest BCUT2D eigenvalue weighted by Crippen LogP contribution is -2.37. The van der Waals surface area contributed by atoms with E-state index in [1.165, 1.54) is 0 Å². The summed E-state index contributed by atoms with van der Waals surface area (Å²) in [6, 6.07) is 1.95. The molecule has 1 aliphatic heterocycles. The van der Waals surface area contributed by atoms with E-state index in [2.05, 4.69) is 27.1 Å². The zero-order valence-corrected chi connectivity index (χ0v) is 14.5. The van der Waals surface area contributed by atoms with Gasteiger partial charge in [-0.05, 0) is 26.7 Å². The van der Waals surface area contributed by atoms with E-state index >= 15 is 0 Å². The number of sulfone groups is 1. The summed E-state index contributed by atoms with van der Waals surface area (Å²) >= 11 is 0. The molecule has 0 radical (unpaired) electrons. The summed E-state index contributed by atoms with van der Waals surface area (Å²) in [5, 5.41) is 3.32. The fourth-order valence-corrected chi connectivity index (χ4v) is 4.54. The number of unbranched alkanes of at least 4 members (excludes halogenated alkanes) is 1. The molecule has 2 heterocycles. The molecular formula is C15H26N4O2S. The Morgan fingerprint density at radius 1 is 1.36 bits per heavy atom. The number of aryl methyl sites for hydroxylation is 1. The molecule has 0 amide bonds. The zero-order chi connectivity index (χ0) is 16.2. The van der Waals surface area contributed by atoms with Crippen molar-refractivity contribution in [1.82, 2.24) is 9.97 Å². The molecule has 7 heteroatoms. The Labute approximate surface area is 133 Å². The van der Waals surface area contributed by atoms with Crippen molar-refractivity contribution in [2.24, 2.45) is 0 Å². The molecule has 1 N–H and O–H groups in total. The van der Waals surface area contributed by atoms with Gasteiger partial charge in [0, 0.05) is 25.2 Å². The van der Waals surface area contributed by atoms with Gasteiger partial charge < -0.3 is 10.2 Å². The van der Waals surface area contributed by atoms with Crippen LogP contribution in [0.15, 0.2) is 6.07 Å². The first kappa shape index (κ1) is 17.0. The maximum absolute atomic E-state index is 11.7. The van der Waals surface area contributed by atoms with E-state index in [4.69, 9.17) is 0 Å². The van der Waals surface area contributed by atoms with Crippen molar-refractivity contribution in [2.45, 2.75) is 46.1 Å². The molecule has 0 spiro atoms. The van der Waals surface area contributed by atoms with Crippen LogP contribution in [-0.2, 0) is 9.84 Å². The van der Waals surface area contributed by atoms with Crippen LogP contribution in [0.25, 0.3) is 0 Å². The molecule has 1 aromatic rings. The molecule has 1 fully saturated rings. The van der Waals surface area contributed by atoms with Gasteiger partial charge in [0.1, 0.15) is 17.5 Å². The van der Waals surface area contributed by atoms with Crippen molar-refractivity contribution >= 4 is 21.5 Å². The summed E-state index contributed by atoms with van der Waals surface area (Å²) in [5.41, 5.74) is 0. The van der Waals surface area contributed by atoms with Gasteiger partial charge in [0.05, 0.1) is 11.5 Å². The smallest absolute Gasteiger partial charge is 0.152 e. The van der Waals surface area contributed by atoms with E-state index in [9.17, 15) is 8.42 Å². The molecule has 2 rings (SSSR count). The minimum atomic E-state index is -2.90. The number of nitrogens with one attached hydrogen (secondary N) is 1. The summed E-state index contributed by atoms with van der Waals surface area (Å²) in [6.45, 7) is 7.68. The Kier molecular flexibility index (Phi) is 5.61. The lowest BCUT2D eigenvalue weighted by molar-refractivity contribution is 0.599. The quantitative estimate of drug-likeness (QED) is 0.773. The number of rotatable bonds is 7. The summed E-state index contributed by atoms with van der Waals surface area (Å²) in [4.78, 5) is 11.0. The number of aromatic nitrogens is 2. The third-order valence-corrected chi connectivity index (χ3v) is 5.70. The third kappa shape index (κ3) is 4.32. The van der Waals surface area contributed by atoms with Gasteiger partial charge in [0.15, 0.2) is 9.84 Å². The Balaban J connectivity index is 2.18. The Bertz CT molecular complexity index is 604. The predicted octanol–water partition coefficient (Wildman–Crippen LogP) is 2.01. The van der Waals surface area contributed by atoms with Gasteiger partial charge in [-0.3, -0.25) is 0 Å². The second-order valence-electron chi connectivity index (χ2n) is 5.78. The van der Waals surface area contributed by atoms with Gasteiger partial charge in [0.2, 0.25) is 0 Å². The van der Waals surface area contributed by atoms with Crippen molar-refractivity contribution in [3.63, 3.8) is 0 Å². The number of hydrogen-bond acceptors (Lipinski definition) is 6. The summed E-state index contributed by atoms with van der Waals surface area (Å²) in [5.74, 6) is 2.84. The molecular weight excluding hydrogens is 300 g/mol. The SMILES string of the molecule is CCCCNc1cc(N(CC)C2CCS(=O)(=O)C2)nc(C)n1. The second-order valence-corrected chi connectivity index (χ2v) is 8.01. The molecule has 22 heavy (non-hydrogen) atoms. The van der Waals surface area contributed by atoms with Gasteiger partial charge in [-0.25, -0.2) is 18.4 Å². The lowest BCUT2D eigenvalue weighted by atomic mass is 10.2. The van der Waals surface area contributed by atoms with Crippen molar-refractivity contribution in [3.05, 3.63) is 11.9 Å². The predicted molar refractivity (Wildman–Crippen MR) is 90.2 cm³/mol. The monoisotopic (exact) mass is 326 g/mol. The van der Waals surface area contributed by atoms with Gasteiger partial charge in [-0.2, -0.15) is 0 Å². The fourth-order valence-electron chi connectivity index (χ4n) is 2.81. The first-order valence-corrected chi connectivity index (χ1v) is 9.84. The molecule has 0 aliphatic carbocycles. The molecule has 1 aromatic heterocycles. The highest BCUT2D eigenvalue weighted by Gasteiger charge is 2.32. The van der Waals surface area contributed by atoms with Crippen molar-refractivity contribution in [3.8, 4) is 0 Å². The number of nitrogens with zero attached hydrogens (tertiary/aromatic N) is 3. The highest BCUT2D eigenvalue weighted by atomic mass is 32.2. The van der Waals surface area contributed by atoms with Gasteiger partial charge in [0.25, 0.3) is 0 Å². The topological polar surface area (TPSA) is 75.2 Å². The molecule has 1 atom stereocenters. The average molecular weight is 326 g/mol. The molecule has 0 bridgehead atoms. The molecule has 1 saturated heterocycles. The highest BCUT2D eigenvalue weighted by Crippen LogP contribution is 2.24. The molecule has 0 saturated carbocycles. The van der Waals surface area contributed by atoms with Crippen LogP contribution in [0.4, 0.5) is 11.6 Å². The number of hydrogen-bond donors (Lipinski definition) is 1. The van der Waals surface area contributed by atoms with Crippen LogP contribution in [0.3, 0.4) is 0 Å². The van der Waals surface area contributed by atoms with Crippen molar-refractivity contribution < 1.29 is 8.42 Å². The summed E-state index contributed by atoms with van der Waals surface area (Å²) in [6.07, 6.45) is 2.90. The van der Waals surface area contributed by atoms with Gasteiger partial charge >= 0.3 is 0 Å². The third-order valence-electron chi connectivity index (χ3n) is 3.95. The van der Waals surface area contributed by atoms with Crippen LogP contribution in [0.5, 0.6) is 0 Å². The Morgan fingerprint density at radius 3 is 2.73 bits per heavy atom. The Hall–Kier alpha value is -1.37. The Morgan fingerprint density at radius 2 is 2.14 bits per heavy atom.